The Morgan fingerprint density at radius 1 is 1.16 bits per heavy atom. The van der Waals surface area contributed by atoms with Crippen molar-refractivity contribution < 1.29 is 14.2 Å². The molecule has 0 aromatic heterocycles. The molecular formula is C16H15FO2. The third-order valence-electron chi connectivity index (χ3n) is 2.76. The standard InChI is InChI=1S/C16H15FO2/c1-12(10-18)15-8-7-14(9-16(15)17)19-11-13-5-3-2-4-6-13/h2-9,18H,1,10-11H2. The highest BCUT2D eigenvalue weighted by molar-refractivity contribution is 5.65. The lowest BCUT2D eigenvalue weighted by Crippen LogP contribution is -1.98. The average Bonchev–Trinajstić information content (AvgIpc) is 2.45. The van der Waals surface area contributed by atoms with Gasteiger partial charge in [0.15, 0.2) is 0 Å². The van der Waals surface area contributed by atoms with Gasteiger partial charge in [0.25, 0.3) is 0 Å². The zero-order valence-corrected chi connectivity index (χ0v) is 10.5. The van der Waals surface area contributed by atoms with Gasteiger partial charge in [-0.25, -0.2) is 4.39 Å². The van der Waals surface area contributed by atoms with Crippen LogP contribution in [-0.2, 0) is 6.61 Å². The smallest absolute Gasteiger partial charge is 0.134 e. The summed E-state index contributed by atoms with van der Waals surface area (Å²) in [5.74, 6) is 0.0143. The van der Waals surface area contributed by atoms with Gasteiger partial charge in [-0.1, -0.05) is 36.9 Å². The Balaban J connectivity index is 2.06. The van der Waals surface area contributed by atoms with Crippen molar-refractivity contribution in [1.29, 1.82) is 0 Å². The molecule has 1 N–H and O–H groups in total. The molecule has 0 spiro atoms. The first kappa shape index (κ1) is 13.3. The topological polar surface area (TPSA) is 29.5 Å². The van der Waals surface area contributed by atoms with E-state index in [0.717, 1.165) is 5.56 Å². The Kier molecular flexibility index (Phi) is 4.31. The molecule has 2 aromatic carbocycles. The quantitative estimate of drug-likeness (QED) is 0.890. The highest BCUT2D eigenvalue weighted by Crippen LogP contribution is 2.22. The molecule has 2 rings (SSSR count). The van der Waals surface area contributed by atoms with Gasteiger partial charge in [0.2, 0.25) is 0 Å². The molecule has 0 aliphatic rings. The van der Waals surface area contributed by atoms with E-state index in [1.807, 2.05) is 30.3 Å². The Morgan fingerprint density at radius 3 is 2.53 bits per heavy atom. The molecule has 0 fully saturated rings. The van der Waals surface area contributed by atoms with E-state index in [4.69, 9.17) is 9.84 Å². The number of hydrogen-bond acceptors (Lipinski definition) is 2. The average molecular weight is 258 g/mol. The Labute approximate surface area is 111 Å². The molecule has 0 aliphatic heterocycles. The maximum Gasteiger partial charge on any atom is 0.134 e. The van der Waals surface area contributed by atoms with Gasteiger partial charge in [-0.05, 0) is 23.3 Å². The van der Waals surface area contributed by atoms with Crippen LogP contribution in [0.15, 0.2) is 55.1 Å². The monoisotopic (exact) mass is 258 g/mol. The van der Waals surface area contributed by atoms with Crippen molar-refractivity contribution in [3.63, 3.8) is 0 Å². The summed E-state index contributed by atoms with van der Waals surface area (Å²) < 4.78 is 19.3. The number of rotatable bonds is 5. The highest BCUT2D eigenvalue weighted by atomic mass is 19.1. The van der Waals surface area contributed by atoms with E-state index in [1.165, 1.54) is 6.07 Å². The van der Waals surface area contributed by atoms with Crippen LogP contribution in [0, 0.1) is 5.82 Å². The predicted molar refractivity (Wildman–Crippen MR) is 73.3 cm³/mol. The van der Waals surface area contributed by atoms with Crippen molar-refractivity contribution in [3.8, 4) is 5.75 Å². The van der Waals surface area contributed by atoms with Gasteiger partial charge in [-0.3, -0.25) is 0 Å². The van der Waals surface area contributed by atoms with Gasteiger partial charge in [-0.2, -0.15) is 0 Å². The molecule has 0 unspecified atom stereocenters. The lowest BCUT2D eigenvalue weighted by atomic mass is 10.1. The van der Waals surface area contributed by atoms with E-state index >= 15 is 0 Å². The van der Waals surface area contributed by atoms with Crippen molar-refractivity contribution in [2.45, 2.75) is 6.61 Å². The van der Waals surface area contributed by atoms with Gasteiger partial charge >= 0.3 is 0 Å². The van der Waals surface area contributed by atoms with E-state index in [-0.39, 0.29) is 6.61 Å². The molecule has 0 bridgehead atoms. The maximum atomic E-state index is 13.8. The van der Waals surface area contributed by atoms with E-state index < -0.39 is 5.82 Å². The first-order chi connectivity index (χ1) is 9.20. The van der Waals surface area contributed by atoms with Gasteiger partial charge in [0, 0.05) is 11.6 Å². The zero-order chi connectivity index (χ0) is 13.7. The second-order valence-electron chi connectivity index (χ2n) is 4.18. The molecule has 0 aliphatic carbocycles. The zero-order valence-electron chi connectivity index (χ0n) is 10.5. The fourth-order valence-corrected chi connectivity index (χ4v) is 1.70. The molecule has 0 radical (unpaired) electrons. The number of aliphatic hydroxyl groups is 1. The van der Waals surface area contributed by atoms with Crippen LogP contribution in [0.3, 0.4) is 0 Å². The second-order valence-corrected chi connectivity index (χ2v) is 4.18. The third kappa shape index (κ3) is 3.42. The normalized spacial score (nSPS) is 10.2. The third-order valence-corrected chi connectivity index (χ3v) is 2.76. The number of ether oxygens (including phenoxy) is 1. The summed E-state index contributed by atoms with van der Waals surface area (Å²) >= 11 is 0. The van der Waals surface area contributed by atoms with Crippen LogP contribution in [0.1, 0.15) is 11.1 Å². The van der Waals surface area contributed by atoms with E-state index in [1.54, 1.807) is 12.1 Å². The Bertz CT molecular complexity index is 564. The fourth-order valence-electron chi connectivity index (χ4n) is 1.70. The largest absolute Gasteiger partial charge is 0.489 e. The summed E-state index contributed by atoms with van der Waals surface area (Å²) in [7, 11) is 0. The first-order valence-corrected chi connectivity index (χ1v) is 5.96. The van der Waals surface area contributed by atoms with Crippen LogP contribution < -0.4 is 4.74 Å². The maximum absolute atomic E-state index is 13.8. The second kappa shape index (κ2) is 6.16. The highest BCUT2D eigenvalue weighted by Gasteiger charge is 2.07. The lowest BCUT2D eigenvalue weighted by Gasteiger charge is -2.09. The summed E-state index contributed by atoms with van der Waals surface area (Å²) in [4.78, 5) is 0. The molecule has 0 amide bonds. The van der Waals surface area contributed by atoms with Crippen LogP contribution >= 0.6 is 0 Å². The number of hydrogen-bond donors (Lipinski definition) is 1. The molecule has 0 atom stereocenters. The molecule has 0 heterocycles. The summed E-state index contributed by atoms with van der Waals surface area (Å²) in [6, 6.07) is 14.2. The van der Waals surface area contributed by atoms with E-state index in [2.05, 4.69) is 6.58 Å². The lowest BCUT2D eigenvalue weighted by molar-refractivity contribution is 0.304. The number of aliphatic hydroxyl groups excluding tert-OH is 1. The summed E-state index contributed by atoms with van der Waals surface area (Å²) in [5.41, 5.74) is 1.69. The fraction of sp³-hybridized carbons (Fsp3) is 0.125. The van der Waals surface area contributed by atoms with Crippen molar-refractivity contribution in [1.82, 2.24) is 0 Å². The molecule has 0 saturated carbocycles. The van der Waals surface area contributed by atoms with Crippen LogP contribution in [0.25, 0.3) is 5.57 Å². The molecule has 2 aromatic rings. The molecule has 2 nitrogen and oxygen atoms in total. The minimum Gasteiger partial charge on any atom is -0.489 e. The first-order valence-electron chi connectivity index (χ1n) is 5.96. The molecule has 3 heteroatoms. The van der Waals surface area contributed by atoms with Gasteiger partial charge in [0.1, 0.15) is 18.2 Å². The molecule has 98 valence electrons. The Hall–Kier alpha value is -2.13. The number of halogens is 1. The van der Waals surface area contributed by atoms with Gasteiger partial charge in [0.05, 0.1) is 6.61 Å². The Morgan fingerprint density at radius 2 is 1.89 bits per heavy atom. The summed E-state index contributed by atoms with van der Waals surface area (Å²) in [6.07, 6.45) is 0. The van der Waals surface area contributed by atoms with Gasteiger partial charge in [-0.15, -0.1) is 0 Å². The van der Waals surface area contributed by atoms with Crippen LogP contribution in [-0.4, -0.2) is 11.7 Å². The minimum atomic E-state index is -0.440. The summed E-state index contributed by atoms with van der Waals surface area (Å²) in [6.45, 7) is 3.72. The molecular weight excluding hydrogens is 243 g/mol. The van der Waals surface area contributed by atoms with Crippen LogP contribution in [0.4, 0.5) is 4.39 Å². The van der Waals surface area contributed by atoms with Crippen molar-refractivity contribution >= 4 is 5.57 Å². The van der Waals surface area contributed by atoms with Crippen LogP contribution in [0.2, 0.25) is 0 Å². The molecule has 0 saturated heterocycles. The number of benzene rings is 2. The van der Waals surface area contributed by atoms with E-state index in [9.17, 15) is 4.39 Å². The SMILES string of the molecule is C=C(CO)c1ccc(OCc2ccccc2)cc1F. The van der Waals surface area contributed by atoms with Crippen molar-refractivity contribution in [2.24, 2.45) is 0 Å². The van der Waals surface area contributed by atoms with E-state index in [0.29, 0.717) is 23.5 Å². The van der Waals surface area contributed by atoms with Crippen molar-refractivity contribution in [3.05, 3.63) is 72.1 Å². The minimum absolute atomic E-state index is 0.263. The van der Waals surface area contributed by atoms with Crippen LogP contribution in [0.5, 0.6) is 5.75 Å². The summed E-state index contributed by atoms with van der Waals surface area (Å²) in [5, 5.41) is 8.94. The molecule has 19 heavy (non-hydrogen) atoms. The predicted octanol–water partition coefficient (Wildman–Crippen LogP) is 3.41. The van der Waals surface area contributed by atoms with Crippen molar-refractivity contribution in [2.75, 3.05) is 6.61 Å². The van der Waals surface area contributed by atoms with Gasteiger partial charge < -0.3 is 9.84 Å².